The van der Waals surface area contributed by atoms with E-state index in [9.17, 15) is 9.90 Å². The maximum Gasteiger partial charge on any atom is 0.313 e. The molecule has 0 aliphatic rings. The summed E-state index contributed by atoms with van der Waals surface area (Å²) >= 11 is 1.44. The lowest BCUT2D eigenvalue weighted by Crippen LogP contribution is -2.14. The monoisotopic (exact) mass is 380 g/mol. The fourth-order valence-electron chi connectivity index (χ4n) is 2.67. The molecule has 0 bridgehead atoms. The van der Waals surface area contributed by atoms with E-state index in [4.69, 9.17) is 4.74 Å². The van der Waals surface area contributed by atoms with Crippen molar-refractivity contribution in [1.29, 1.82) is 0 Å². The van der Waals surface area contributed by atoms with Crippen LogP contribution < -0.4 is 4.74 Å². The molecular formula is C19H16N4O3S. The van der Waals surface area contributed by atoms with Crippen LogP contribution in [0, 0.1) is 0 Å². The van der Waals surface area contributed by atoms with E-state index in [1.54, 1.807) is 14.0 Å². The van der Waals surface area contributed by atoms with E-state index in [1.807, 2.05) is 48.5 Å². The lowest BCUT2D eigenvalue weighted by Gasteiger charge is -2.05. The molecule has 0 aliphatic carbocycles. The van der Waals surface area contributed by atoms with E-state index < -0.39 is 11.9 Å². The molecular weight excluding hydrogens is 364 g/mol. The topological polar surface area (TPSA) is 90.1 Å². The lowest BCUT2D eigenvalue weighted by atomic mass is 10.1. The van der Waals surface area contributed by atoms with Crippen molar-refractivity contribution in [1.82, 2.24) is 19.7 Å². The predicted molar refractivity (Wildman–Crippen MR) is 103 cm³/mol. The second-order valence-electron chi connectivity index (χ2n) is 5.96. The Bertz CT molecular complexity index is 1080. The number of nitrogens with zero attached hydrogens (tertiary/aromatic N) is 4. The summed E-state index contributed by atoms with van der Waals surface area (Å²) < 4.78 is 7.71. The average molecular weight is 380 g/mol. The normalized spacial score (nSPS) is 12.2. The highest BCUT2D eigenvalue weighted by molar-refractivity contribution is 7.20. The van der Waals surface area contributed by atoms with Gasteiger partial charge in [-0.05, 0) is 43.3 Å². The number of benzene rings is 2. The third-order valence-electron chi connectivity index (χ3n) is 4.20. The van der Waals surface area contributed by atoms with Crippen molar-refractivity contribution in [2.75, 3.05) is 7.11 Å². The number of fused-ring (bicyclic) bond motifs is 1. The Morgan fingerprint density at radius 3 is 2.56 bits per heavy atom. The summed E-state index contributed by atoms with van der Waals surface area (Å²) in [6.07, 6.45) is 0. The Balaban J connectivity index is 1.85. The molecule has 0 radical (unpaired) electrons. The summed E-state index contributed by atoms with van der Waals surface area (Å²) in [5.74, 6) is -0.279. The van der Waals surface area contributed by atoms with Gasteiger partial charge in [0.1, 0.15) is 17.5 Å². The van der Waals surface area contributed by atoms with Crippen molar-refractivity contribution in [2.24, 2.45) is 0 Å². The molecule has 0 aliphatic heterocycles. The summed E-state index contributed by atoms with van der Waals surface area (Å²) in [4.78, 5) is 20.7. The van der Waals surface area contributed by atoms with Crippen LogP contribution in [-0.4, -0.2) is 37.9 Å². The Labute approximate surface area is 158 Å². The van der Waals surface area contributed by atoms with E-state index in [1.165, 1.54) is 16.0 Å². The number of ether oxygens (including phenoxy) is 1. The van der Waals surface area contributed by atoms with E-state index in [2.05, 4.69) is 15.1 Å². The molecule has 2 heterocycles. The zero-order valence-corrected chi connectivity index (χ0v) is 15.5. The third kappa shape index (κ3) is 3.15. The highest BCUT2D eigenvalue weighted by Gasteiger charge is 2.25. The van der Waals surface area contributed by atoms with Gasteiger partial charge in [-0.25, -0.2) is 9.97 Å². The van der Waals surface area contributed by atoms with E-state index in [0.717, 1.165) is 21.5 Å². The molecule has 0 saturated carbocycles. The van der Waals surface area contributed by atoms with Gasteiger partial charge in [-0.1, -0.05) is 23.5 Å². The number of aromatic nitrogens is 4. The Morgan fingerprint density at radius 1 is 1.15 bits per heavy atom. The van der Waals surface area contributed by atoms with Gasteiger partial charge in [0.05, 0.1) is 17.3 Å². The number of thiazole rings is 1. The first kappa shape index (κ1) is 17.2. The van der Waals surface area contributed by atoms with Crippen LogP contribution in [0.15, 0.2) is 48.5 Å². The summed E-state index contributed by atoms with van der Waals surface area (Å²) in [6, 6.07) is 15.0. The summed E-state index contributed by atoms with van der Waals surface area (Å²) in [7, 11) is 1.60. The molecule has 8 heteroatoms. The molecule has 0 spiro atoms. The molecule has 136 valence electrons. The van der Waals surface area contributed by atoms with Gasteiger partial charge in [0, 0.05) is 5.56 Å². The molecule has 7 nitrogen and oxygen atoms in total. The van der Waals surface area contributed by atoms with Crippen LogP contribution in [0.1, 0.15) is 18.7 Å². The van der Waals surface area contributed by atoms with Crippen LogP contribution in [0.4, 0.5) is 0 Å². The van der Waals surface area contributed by atoms with Gasteiger partial charge in [-0.2, -0.15) is 4.68 Å². The Kier molecular flexibility index (Phi) is 4.33. The van der Waals surface area contributed by atoms with Gasteiger partial charge in [-0.3, -0.25) is 4.79 Å². The van der Waals surface area contributed by atoms with Crippen LogP contribution in [0.25, 0.3) is 26.7 Å². The number of para-hydroxylation sites is 1. The van der Waals surface area contributed by atoms with Crippen LogP contribution in [0.2, 0.25) is 0 Å². The number of methoxy groups -OCH3 is 1. The minimum atomic E-state index is -0.967. The zero-order valence-electron chi connectivity index (χ0n) is 14.7. The maximum atomic E-state index is 11.6. The molecule has 0 fully saturated rings. The minimum absolute atomic E-state index is 0.340. The molecule has 1 N–H and O–H groups in total. The van der Waals surface area contributed by atoms with Gasteiger partial charge >= 0.3 is 5.97 Å². The Morgan fingerprint density at radius 2 is 1.89 bits per heavy atom. The predicted octanol–water partition coefficient (Wildman–Crippen LogP) is 3.74. The lowest BCUT2D eigenvalue weighted by molar-refractivity contribution is -0.138. The van der Waals surface area contributed by atoms with Gasteiger partial charge in [0.25, 0.3) is 0 Å². The molecule has 27 heavy (non-hydrogen) atoms. The number of hydrogen-bond acceptors (Lipinski definition) is 6. The first-order chi connectivity index (χ1) is 13.1. The molecule has 2 aromatic carbocycles. The minimum Gasteiger partial charge on any atom is -0.497 e. The number of carboxylic acids is 1. The second kappa shape index (κ2) is 6.81. The van der Waals surface area contributed by atoms with Crippen molar-refractivity contribution in [3.63, 3.8) is 0 Å². The fraction of sp³-hybridized carbons (Fsp3) is 0.158. The molecule has 0 saturated heterocycles. The maximum absolute atomic E-state index is 11.6. The second-order valence-corrected chi connectivity index (χ2v) is 6.97. The summed E-state index contributed by atoms with van der Waals surface area (Å²) in [6.45, 7) is 1.59. The number of rotatable bonds is 5. The van der Waals surface area contributed by atoms with Crippen molar-refractivity contribution >= 4 is 27.5 Å². The van der Waals surface area contributed by atoms with E-state index in [0.29, 0.717) is 16.8 Å². The smallest absolute Gasteiger partial charge is 0.313 e. The van der Waals surface area contributed by atoms with E-state index >= 15 is 0 Å². The Hall–Kier alpha value is -3.26. The average Bonchev–Trinajstić information content (AvgIpc) is 3.31. The molecule has 1 atom stereocenters. The van der Waals surface area contributed by atoms with Crippen molar-refractivity contribution < 1.29 is 14.6 Å². The van der Waals surface area contributed by atoms with Crippen LogP contribution in [0.5, 0.6) is 5.75 Å². The van der Waals surface area contributed by atoms with Crippen LogP contribution in [-0.2, 0) is 4.79 Å². The first-order valence-corrected chi connectivity index (χ1v) is 9.08. The van der Waals surface area contributed by atoms with Crippen LogP contribution in [0.3, 0.4) is 0 Å². The number of hydrogen-bond donors (Lipinski definition) is 1. The summed E-state index contributed by atoms with van der Waals surface area (Å²) in [5.41, 5.74) is 1.61. The largest absolute Gasteiger partial charge is 0.497 e. The highest BCUT2D eigenvalue weighted by atomic mass is 32.1. The summed E-state index contributed by atoms with van der Waals surface area (Å²) in [5, 5.41) is 14.6. The van der Waals surface area contributed by atoms with Crippen LogP contribution >= 0.6 is 11.3 Å². The third-order valence-corrected chi connectivity index (χ3v) is 5.21. The molecule has 4 aromatic rings. The zero-order chi connectivity index (χ0) is 19.0. The van der Waals surface area contributed by atoms with Gasteiger partial charge in [0.15, 0.2) is 5.82 Å². The molecule has 4 rings (SSSR count). The van der Waals surface area contributed by atoms with E-state index in [-0.39, 0.29) is 0 Å². The fourth-order valence-corrected chi connectivity index (χ4v) is 3.60. The van der Waals surface area contributed by atoms with Crippen molar-refractivity contribution in [3.8, 4) is 22.3 Å². The molecule has 1 unspecified atom stereocenters. The molecule has 0 amide bonds. The highest BCUT2D eigenvalue weighted by Crippen LogP contribution is 2.29. The molecule has 2 aromatic heterocycles. The first-order valence-electron chi connectivity index (χ1n) is 8.27. The standard InChI is InChI=1S/C19H16N4O3S/c1-11(18(24)25)17-21-16(12-7-9-13(26-2)10-8-12)22-23(17)19-20-14-5-3-4-6-15(14)27-19/h3-11H,1-2H3,(H,24,25). The number of carbonyl (C=O) groups is 1. The van der Waals surface area contributed by atoms with Gasteiger partial charge < -0.3 is 9.84 Å². The number of carboxylic acid groups (broad SMARTS) is 1. The van der Waals surface area contributed by atoms with Gasteiger partial charge in [-0.15, -0.1) is 5.10 Å². The number of aliphatic carboxylic acids is 1. The van der Waals surface area contributed by atoms with Gasteiger partial charge in [0.2, 0.25) is 5.13 Å². The SMILES string of the molecule is COc1ccc(-c2nc(C(C)C(=O)O)n(-c3nc4ccccc4s3)n2)cc1. The van der Waals surface area contributed by atoms with Crippen molar-refractivity contribution in [3.05, 3.63) is 54.4 Å². The van der Waals surface area contributed by atoms with Crippen molar-refractivity contribution in [2.45, 2.75) is 12.8 Å². The quantitative estimate of drug-likeness (QED) is 0.567.